The number of benzene rings is 1. The Balaban J connectivity index is 1.57. The maximum Gasteiger partial charge on any atom is 0.276 e. The first-order valence-electron chi connectivity index (χ1n) is 8.70. The highest BCUT2D eigenvalue weighted by atomic mass is 16.5. The second-order valence-electron chi connectivity index (χ2n) is 6.13. The third-order valence-corrected chi connectivity index (χ3v) is 3.89. The summed E-state index contributed by atoms with van der Waals surface area (Å²) in [5, 5.41) is 11.1. The van der Waals surface area contributed by atoms with Gasteiger partial charge in [-0.25, -0.2) is 9.36 Å². The van der Waals surface area contributed by atoms with Crippen molar-refractivity contribution in [1.82, 2.24) is 19.6 Å². The van der Waals surface area contributed by atoms with Crippen molar-refractivity contribution < 1.29 is 14.3 Å². The van der Waals surface area contributed by atoms with E-state index in [4.69, 9.17) is 9.47 Å². The fraction of sp³-hybridized carbons (Fsp3) is 0.316. The summed E-state index contributed by atoms with van der Waals surface area (Å²) in [6.45, 7) is 7.08. The molecule has 1 N–H and O–H groups in total. The lowest BCUT2D eigenvalue weighted by atomic mass is 10.1. The van der Waals surface area contributed by atoms with Crippen molar-refractivity contribution in [3.05, 3.63) is 59.7 Å². The van der Waals surface area contributed by atoms with E-state index in [-0.39, 0.29) is 12.6 Å². The van der Waals surface area contributed by atoms with Crippen molar-refractivity contribution in [2.24, 2.45) is 0 Å². The van der Waals surface area contributed by atoms with Gasteiger partial charge in [-0.15, -0.1) is 0 Å². The number of rotatable bonds is 8. The molecule has 3 rings (SSSR count). The molecule has 1 aromatic carbocycles. The molecule has 0 atom stereocenters. The molecule has 0 aliphatic heterocycles. The molecule has 0 unspecified atom stereocenters. The van der Waals surface area contributed by atoms with Crippen LogP contribution in [0, 0.1) is 13.8 Å². The summed E-state index contributed by atoms with van der Waals surface area (Å²) in [5.41, 5.74) is 3.06. The average molecular weight is 369 g/mol. The zero-order chi connectivity index (χ0) is 19.2. The highest BCUT2D eigenvalue weighted by Crippen LogP contribution is 2.19. The lowest BCUT2D eigenvalue weighted by Crippen LogP contribution is -2.14. The second kappa shape index (κ2) is 8.50. The Morgan fingerprint density at radius 3 is 2.85 bits per heavy atom. The number of ether oxygens (including phenoxy) is 2. The Bertz CT molecular complexity index is 916. The van der Waals surface area contributed by atoms with Gasteiger partial charge in [0.15, 0.2) is 12.4 Å². The highest BCUT2D eigenvalue weighted by Gasteiger charge is 2.11. The van der Waals surface area contributed by atoms with E-state index in [1.807, 2.05) is 39.0 Å². The molecule has 0 spiro atoms. The van der Waals surface area contributed by atoms with Crippen LogP contribution in [0.3, 0.4) is 0 Å². The number of anilines is 1. The van der Waals surface area contributed by atoms with Crippen molar-refractivity contribution in [3.63, 3.8) is 0 Å². The minimum Gasteiger partial charge on any atom is -0.471 e. The fourth-order valence-electron chi connectivity index (χ4n) is 2.43. The normalized spacial score (nSPS) is 10.8. The molecule has 0 aliphatic rings. The smallest absolute Gasteiger partial charge is 0.276 e. The first-order valence-corrected chi connectivity index (χ1v) is 8.70. The molecule has 0 bridgehead atoms. The van der Waals surface area contributed by atoms with Crippen LogP contribution in [0.2, 0.25) is 0 Å². The molecule has 8 heteroatoms. The molecule has 2 aromatic heterocycles. The zero-order valence-corrected chi connectivity index (χ0v) is 15.7. The molecule has 2 heterocycles. The van der Waals surface area contributed by atoms with Gasteiger partial charge in [-0.2, -0.15) is 10.2 Å². The van der Waals surface area contributed by atoms with E-state index < -0.39 is 0 Å². The van der Waals surface area contributed by atoms with Crippen molar-refractivity contribution in [1.29, 1.82) is 0 Å². The lowest BCUT2D eigenvalue weighted by molar-refractivity contribution is 0.0792. The van der Waals surface area contributed by atoms with E-state index >= 15 is 0 Å². The van der Waals surface area contributed by atoms with Crippen LogP contribution in [0.1, 0.15) is 28.5 Å². The molecule has 0 fully saturated rings. The summed E-state index contributed by atoms with van der Waals surface area (Å²) in [5.74, 6) is 0.495. The quantitative estimate of drug-likeness (QED) is 0.660. The Labute approximate surface area is 157 Å². The summed E-state index contributed by atoms with van der Waals surface area (Å²) in [6.07, 6.45) is 4.98. The summed E-state index contributed by atoms with van der Waals surface area (Å²) >= 11 is 0. The number of nitrogens with zero attached hydrogens (tertiary/aromatic N) is 4. The lowest BCUT2D eigenvalue weighted by Gasteiger charge is -2.09. The highest BCUT2D eigenvalue weighted by molar-refractivity contribution is 6.02. The van der Waals surface area contributed by atoms with E-state index in [1.54, 1.807) is 34.0 Å². The number of hydrogen-bond donors (Lipinski definition) is 1. The summed E-state index contributed by atoms with van der Waals surface area (Å²) in [6, 6.07) is 7.67. The van der Waals surface area contributed by atoms with Crippen LogP contribution in [0.15, 0.2) is 42.9 Å². The van der Waals surface area contributed by atoms with E-state index in [0.29, 0.717) is 24.7 Å². The van der Waals surface area contributed by atoms with Crippen LogP contribution < -0.4 is 10.1 Å². The van der Waals surface area contributed by atoms with Gasteiger partial charge < -0.3 is 14.8 Å². The number of aryl methyl sites for hydroxylation is 2. The Morgan fingerprint density at radius 2 is 2.04 bits per heavy atom. The van der Waals surface area contributed by atoms with Crippen molar-refractivity contribution >= 4 is 11.6 Å². The molecule has 0 saturated heterocycles. The van der Waals surface area contributed by atoms with Gasteiger partial charge in [0, 0.05) is 12.8 Å². The Morgan fingerprint density at radius 1 is 1.19 bits per heavy atom. The van der Waals surface area contributed by atoms with Crippen LogP contribution in [-0.4, -0.2) is 32.1 Å². The van der Waals surface area contributed by atoms with Gasteiger partial charge in [0.05, 0.1) is 18.1 Å². The molecule has 0 radical (unpaired) electrons. The Kier molecular flexibility index (Phi) is 5.87. The monoisotopic (exact) mass is 369 g/mol. The maximum atomic E-state index is 12.3. The summed E-state index contributed by atoms with van der Waals surface area (Å²) in [7, 11) is 0. The van der Waals surface area contributed by atoms with Crippen LogP contribution in [-0.2, 0) is 18.2 Å². The number of carbonyl (C=O) groups is 1. The third kappa shape index (κ3) is 4.95. The van der Waals surface area contributed by atoms with Crippen LogP contribution in [0.5, 0.6) is 5.75 Å². The third-order valence-electron chi connectivity index (χ3n) is 3.89. The molecule has 3 aromatic rings. The van der Waals surface area contributed by atoms with Gasteiger partial charge in [-0.1, -0.05) is 12.1 Å². The molecular formula is C19H23N5O3. The molecule has 0 aliphatic carbocycles. The first-order chi connectivity index (χ1) is 13.0. The summed E-state index contributed by atoms with van der Waals surface area (Å²) < 4.78 is 14.2. The Hall–Kier alpha value is -3.13. The van der Waals surface area contributed by atoms with E-state index in [1.165, 1.54) is 0 Å². The van der Waals surface area contributed by atoms with Gasteiger partial charge in [0.25, 0.3) is 5.91 Å². The van der Waals surface area contributed by atoms with Gasteiger partial charge in [0.1, 0.15) is 12.5 Å². The number of carbonyl (C=O) groups excluding carboxylic acids is 1. The number of amides is 1. The van der Waals surface area contributed by atoms with Crippen molar-refractivity contribution in [3.8, 4) is 5.75 Å². The number of nitrogens with one attached hydrogen (secondary N) is 1. The first kappa shape index (κ1) is 18.7. The average Bonchev–Trinajstić information content (AvgIpc) is 3.30. The van der Waals surface area contributed by atoms with E-state index in [0.717, 1.165) is 16.9 Å². The van der Waals surface area contributed by atoms with Crippen molar-refractivity contribution in [2.45, 2.75) is 34.2 Å². The zero-order valence-electron chi connectivity index (χ0n) is 15.7. The molecule has 8 nitrogen and oxygen atoms in total. The van der Waals surface area contributed by atoms with Gasteiger partial charge in [0.2, 0.25) is 0 Å². The van der Waals surface area contributed by atoms with Gasteiger partial charge in [-0.3, -0.25) is 4.79 Å². The molecule has 1 amide bonds. The molecule has 0 saturated carbocycles. The number of aromatic nitrogens is 4. The predicted octanol–water partition coefficient (Wildman–Crippen LogP) is 2.98. The van der Waals surface area contributed by atoms with E-state index in [2.05, 4.69) is 15.5 Å². The van der Waals surface area contributed by atoms with Crippen LogP contribution in [0.25, 0.3) is 0 Å². The van der Waals surface area contributed by atoms with Gasteiger partial charge >= 0.3 is 0 Å². The van der Waals surface area contributed by atoms with Gasteiger partial charge in [-0.05, 0) is 44.0 Å². The maximum absolute atomic E-state index is 12.3. The minimum absolute atomic E-state index is 0.226. The number of hydrogen-bond acceptors (Lipinski definition) is 5. The predicted molar refractivity (Wildman–Crippen MR) is 101 cm³/mol. The minimum atomic E-state index is -0.309. The molecular weight excluding hydrogens is 346 g/mol. The second-order valence-corrected chi connectivity index (χ2v) is 6.13. The standard InChI is InChI=1S/C19H23N5O3/c1-4-26-12-24-11-16(10-20-24)21-19(25)17-7-8-23(22-17)13-27-18-9-14(2)5-6-15(18)3/h5-11H,4,12-13H2,1-3H3,(H,21,25). The van der Waals surface area contributed by atoms with Crippen LogP contribution >= 0.6 is 0 Å². The largest absolute Gasteiger partial charge is 0.471 e. The fourth-order valence-corrected chi connectivity index (χ4v) is 2.43. The summed E-state index contributed by atoms with van der Waals surface area (Å²) in [4.78, 5) is 12.3. The van der Waals surface area contributed by atoms with Crippen molar-refractivity contribution in [2.75, 3.05) is 11.9 Å². The SMILES string of the molecule is CCOCn1cc(NC(=O)c2ccn(COc3cc(C)ccc3C)n2)cn1. The van der Waals surface area contributed by atoms with E-state index in [9.17, 15) is 4.79 Å². The van der Waals surface area contributed by atoms with Crippen LogP contribution in [0.4, 0.5) is 5.69 Å². The topological polar surface area (TPSA) is 83.2 Å². The molecule has 27 heavy (non-hydrogen) atoms. The molecule has 142 valence electrons.